The van der Waals surface area contributed by atoms with Gasteiger partial charge in [0.25, 0.3) is 0 Å². The van der Waals surface area contributed by atoms with Gasteiger partial charge in [-0.2, -0.15) is 0 Å². The first-order valence-electron chi connectivity index (χ1n) is 5.91. The molecule has 0 radical (unpaired) electrons. The molecule has 0 N–H and O–H groups in total. The number of hydrogen-bond acceptors (Lipinski definition) is 1. The maximum atomic E-state index is 2.36. The van der Waals surface area contributed by atoms with Crippen LogP contribution in [0.25, 0.3) is 0 Å². The summed E-state index contributed by atoms with van der Waals surface area (Å²) in [6, 6.07) is 4.41. The van der Waals surface area contributed by atoms with E-state index in [1.165, 1.54) is 5.69 Å². The summed E-state index contributed by atoms with van der Waals surface area (Å²) in [5.74, 6) is 0.703. The van der Waals surface area contributed by atoms with Crippen molar-refractivity contribution in [3.05, 3.63) is 24.5 Å². The summed E-state index contributed by atoms with van der Waals surface area (Å²) in [7, 11) is 0. The Kier molecular flexibility index (Phi) is 4.60. The second kappa shape index (κ2) is 5.74. The van der Waals surface area contributed by atoms with Gasteiger partial charge >= 0.3 is 0 Å². The molecule has 0 atom stereocenters. The number of rotatable bonds is 5. The van der Waals surface area contributed by atoms with E-state index in [1.54, 1.807) is 0 Å². The van der Waals surface area contributed by atoms with E-state index in [4.69, 9.17) is 0 Å². The van der Waals surface area contributed by atoms with Crippen LogP contribution in [0, 0.1) is 5.92 Å². The van der Waals surface area contributed by atoms with Crippen molar-refractivity contribution >= 4 is 5.69 Å². The van der Waals surface area contributed by atoms with Crippen molar-refractivity contribution in [3.63, 3.8) is 0 Å². The first-order chi connectivity index (χ1) is 7.17. The zero-order valence-electron chi connectivity index (χ0n) is 10.4. The predicted octanol–water partition coefficient (Wildman–Crippen LogP) is 2.48. The van der Waals surface area contributed by atoms with E-state index < -0.39 is 0 Å². The lowest BCUT2D eigenvalue weighted by atomic mass is 10.2. The molecule has 15 heavy (non-hydrogen) atoms. The molecule has 0 fully saturated rings. The van der Waals surface area contributed by atoms with Crippen LogP contribution in [0.3, 0.4) is 0 Å². The summed E-state index contributed by atoms with van der Waals surface area (Å²) in [4.78, 5) is 2.36. The van der Waals surface area contributed by atoms with Crippen LogP contribution in [0.2, 0.25) is 0 Å². The Morgan fingerprint density at radius 2 is 1.67 bits per heavy atom. The molecular formula is C13H23N2+. The van der Waals surface area contributed by atoms with Crippen molar-refractivity contribution in [1.82, 2.24) is 0 Å². The van der Waals surface area contributed by atoms with E-state index in [0.29, 0.717) is 5.92 Å². The van der Waals surface area contributed by atoms with Gasteiger partial charge in [-0.25, -0.2) is 4.57 Å². The molecule has 1 aromatic rings. The SMILES string of the molecule is CCN(CC)c1cc[n+](CC(C)C)cc1. The second-order valence-electron chi connectivity index (χ2n) is 4.32. The lowest BCUT2D eigenvalue weighted by Gasteiger charge is -2.19. The minimum absolute atomic E-state index is 0.703. The summed E-state index contributed by atoms with van der Waals surface area (Å²) >= 11 is 0. The van der Waals surface area contributed by atoms with Crippen LogP contribution in [-0.4, -0.2) is 13.1 Å². The van der Waals surface area contributed by atoms with E-state index >= 15 is 0 Å². The maximum absolute atomic E-state index is 2.36. The minimum Gasteiger partial charge on any atom is -0.372 e. The minimum atomic E-state index is 0.703. The van der Waals surface area contributed by atoms with Gasteiger partial charge in [0, 0.05) is 36.8 Å². The zero-order valence-corrected chi connectivity index (χ0v) is 10.4. The Bertz CT molecular complexity index is 273. The number of anilines is 1. The third-order valence-corrected chi connectivity index (χ3v) is 2.58. The first kappa shape index (κ1) is 12.0. The monoisotopic (exact) mass is 207 g/mol. The van der Waals surface area contributed by atoms with Gasteiger partial charge < -0.3 is 4.90 Å². The Hall–Kier alpha value is -1.05. The highest BCUT2D eigenvalue weighted by molar-refractivity contribution is 5.43. The van der Waals surface area contributed by atoms with E-state index in [-0.39, 0.29) is 0 Å². The topological polar surface area (TPSA) is 7.12 Å². The van der Waals surface area contributed by atoms with Gasteiger partial charge in [0.05, 0.1) is 0 Å². The molecule has 1 heterocycles. The van der Waals surface area contributed by atoms with Crippen LogP contribution in [0.5, 0.6) is 0 Å². The van der Waals surface area contributed by atoms with Gasteiger partial charge in [0.1, 0.15) is 0 Å². The number of hydrogen-bond donors (Lipinski definition) is 0. The summed E-state index contributed by atoms with van der Waals surface area (Å²) in [6.07, 6.45) is 4.35. The average molecular weight is 207 g/mol. The number of nitrogens with zero attached hydrogens (tertiary/aromatic N) is 2. The van der Waals surface area contributed by atoms with E-state index in [0.717, 1.165) is 19.6 Å². The highest BCUT2D eigenvalue weighted by atomic mass is 15.1. The van der Waals surface area contributed by atoms with E-state index in [2.05, 4.69) is 61.7 Å². The fourth-order valence-electron chi connectivity index (χ4n) is 1.79. The zero-order chi connectivity index (χ0) is 11.3. The van der Waals surface area contributed by atoms with E-state index in [1.807, 2.05) is 0 Å². The fourth-order valence-corrected chi connectivity index (χ4v) is 1.79. The Balaban J connectivity index is 2.71. The molecule has 0 aromatic carbocycles. The van der Waals surface area contributed by atoms with Gasteiger partial charge in [0.15, 0.2) is 18.9 Å². The molecule has 0 amide bonds. The van der Waals surface area contributed by atoms with Crippen LogP contribution >= 0.6 is 0 Å². The van der Waals surface area contributed by atoms with Gasteiger partial charge in [-0.3, -0.25) is 0 Å². The molecule has 1 rings (SSSR count). The van der Waals surface area contributed by atoms with Crippen LogP contribution < -0.4 is 9.47 Å². The molecule has 0 aliphatic rings. The second-order valence-corrected chi connectivity index (χ2v) is 4.32. The summed E-state index contributed by atoms with van der Waals surface area (Å²) in [5, 5.41) is 0. The molecule has 0 saturated carbocycles. The van der Waals surface area contributed by atoms with Crippen molar-refractivity contribution in [3.8, 4) is 0 Å². The van der Waals surface area contributed by atoms with Crippen molar-refractivity contribution in [2.45, 2.75) is 34.2 Å². The number of aromatic nitrogens is 1. The van der Waals surface area contributed by atoms with Crippen molar-refractivity contribution in [2.75, 3.05) is 18.0 Å². The molecule has 0 saturated heterocycles. The Labute approximate surface area is 93.5 Å². The molecular weight excluding hydrogens is 184 g/mol. The molecule has 2 nitrogen and oxygen atoms in total. The number of pyridine rings is 1. The Morgan fingerprint density at radius 1 is 1.13 bits per heavy atom. The van der Waals surface area contributed by atoms with Crippen molar-refractivity contribution in [1.29, 1.82) is 0 Å². The van der Waals surface area contributed by atoms with Gasteiger partial charge in [-0.05, 0) is 13.8 Å². The van der Waals surface area contributed by atoms with Crippen LogP contribution in [0.1, 0.15) is 27.7 Å². The average Bonchev–Trinajstić information content (AvgIpc) is 2.21. The standard InChI is InChI=1S/C13H23N2/c1-5-15(6-2)13-7-9-14(10-8-13)11-12(3)4/h7-10,12H,5-6,11H2,1-4H3/q+1. The van der Waals surface area contributed by atoms with Crippen molar-refractivity contribution < 1.29 is 4.57 Å². The van der Waals surface area contributed by atoms with Crippen LogP contribution in [0.15, 0.2) is 24.5 Å². The first-order valence-corrected chi connectivity index (χ1v) is 5.91. The van der Waals surface area contributed by atoms with Crippen molar-refractivity contribution in [2.24, 2.45) is 5.92 Å². The fraction of sp³-hybridized carbons (Fsp3) is 0.615. The largest absolute Gasteiger partial charge is 0.372 e. The molecule has 0 aliphatic heterocycles. The molecule has 2 heteroatoms. The lowest BCUT2D eigenvalue weighted by Crippen LogP contribution is -2.35. The van der Waals surface area contributed by atoms with E-state index in [9.17, 15) is 0 Å². The third kappa shape index (κ3) is 3.54. The predicted molar refractivity (Wildman–Crippen MR) is 65.0 cm³/mol. The highest BCUT2D eigenvalue weighted by Crippen LogP contribution is 2.10. The summed E-state index contributed by atoms with van der Waals surface area (Å²) < 4.78 is 2.25. The van der Waals surface area contributed by atoms with Crippen LogP contribution in [0.4, 0.5) is 5.69 Å². The van der Waals surface area contributed by atoms with Crippen LogP contribution in [-0.2, 0) is 6.54 Å². The highest BCUT2D eigenvalue weighted by Gasteiger charge is 2.06. The summed E-state index contributed by atoms with van der Waals surface area (Å²) in [5.41, 5.74) is 1.32. The van der Waals surface area contributed by atoms with Gasteiger partial charge in [-0.1, -0.05) is 13.8 Å². The van der Waals surface area contributed by atoms with Gasteiger partial charge in [-0.15, -0.1) is 0 Å². The molecule has 0 aliphatic carbocycles. The smallest absolute Gasteiger partial charge is 0.170 e. The normalized spacial score (nSPS) is 10.7. The quantitative estimate of drug-likeness (QED) is 0.673. The molecule has 0 spiro atoms. The lowest BCUT2D eigenvalue weighted by molar-refractivity contribution is -0.702. The molecule has 0 unspecified atom stereocenters. The third-order valence-electron chi connectivity index (χ3n) is 2.58. The maximum Gasteiger partial charge on any atom is 0.170 e. The molecule has 84 valence electrons. The molecule has 1 aromatic heterocycles. The Morgan fingerprint density at radius 3 is 2.07 bits per heavy atom. The summed E-state index contributed by atoms with van der Waals surface area (Å²) in [6.45, 7) is 12.1. The molecule has 0 bridgehead atoms. The van der Waals surface area contributed by atoms with Gasteiger partial charge in [0.2, 0.25) is 0 Å².